The largest absolute Gasteiger partial charge is 0.508 e. The molecule has 1 atom stereocenters. The second kappa shape index (κ2) is 9.44. The lowest BCUT2D eigenvalue weighted by Gasteiger charge is -2.29. The van der Waals surface area contributed by atoms with Crippen LogP contribution in [-0.4, -0.2) is 47.6 Å². The molecule has 0 radical (unpaired) electrons. The first-order chi connectivity index (χ1) is 10.0. The fourth-order valence-corrected chi connectivity index (χ4v) is 3.10. The van der Waals surface area contributed by atoms with E-state index in [1.165, 1.54) is 0 Å². The number of phenolic OH excluding ortho intramolecular Hbond substituents is 1. The van der Waals surface area contributed by atoms with Crippen molar-refractivity contribution in [2.24, 2.45) is 0 Å². The van der Waals surface area contributed by atoms with Crippen molar-refractivity contribution in [3.63, 3.8) is 0 Å². The minimum atomic E-state index is 0.226. The highest BCUT2D eigenvalue weighted by Crippen LogP contribution is 2.30. The van der Waals surface area contributed by atoms with Gasteiger partial charge in [-0.05, 0) is 64.3 Å². The van der Waals surface area contributed by atoms with Crippen LogP contribution < -0.4 is 0 Å². The molecular weight excluding hydrogens is 328 g/mol. The number of rotatable bonds is 9. The third-order valence-corrected chi connectivity index (χ3v) is 4.70. The van der Waals surface area contributed by atoms with Crippen LogP contribution in [0.1, 0.15) is 45.7 Å². The standard InChI is InChI=1S/C17H29BrN2O/c1-5-19(6-2)11-8-12-20(7-3)14(4)16-13-15(18)9-10-17(16)21/h9-10,13-14,21H,5-8,11-12H2,1-4H3. The average Bonchev–Trinajstić information content (AvgIpc) is 2.49. The lowest BCUT2D eigenvalue weighted by Crippen LogP contribution is -2.31. The number of aromatic hydroxyl groups is 1. The summed E-state index contributed by atoms with van der Waals surface area (Å²) in [5, 5.41) is 10.1. The number of halogens is 1. The van der Waals surface area contributed by atoms with Crippen LogP contribution in [0.4, 0.5) is 0 Å². The molecule has 0 amide bonds. The second-order valence-electron chi connectivity index (χ2n) is 5.39. The maximum atomic E-state index is 10.1. The van der Waals surface area contributed by atoms with Gasteiger partial charge in [-0.2, -0.15) is 0 Å². The van der Waals surface area contributed by atoms with Crippen LogP contribution >= 0.6 is 15.9 Å². The fourth-order valence-electron chi connectivity index (χ4n) is 2.72. The van der Waals surface area contributed by atoms with Crippen molar-refractivity contribution < 1.29 is 5.11 Å². The average molecular weight is 357 g/mol. The monoisotopic (exact) mass is 356 g/mol. The molecule has 0 aliphatic rings. The molecule has 1 unspecified atom stereocenters. The summed E-state index contributed by atoms with van der Waals surface area (Å²) in [5.41, 5.74) is 0.995. The van der Waals surface area contributed by atoms with Crippen LogP contribution in [0.25, 0.3) is 0 Å². The molecule has 0 fully saturated rings. The summed E-state index contributed by atoms with van der Waals surface area (Å²) in [6, 6.07) is 5.89. The number of nitrogens with zero attached hydrogens (tertiary/aromatic N) is 2. The third-order valence-electron chi connectivity index (χ3n) is 4.21. The third kappa shape index (κ3) is 5.61. The Bertz CT molecular complexity index is 421. The van der Waals surface area contributed by atoms with Gasteiger partial charge in [0.2, 0.25) is 0 Å². The van der Waals surface area contributed by atoms with E-state index < -0.39 is 0 Å². The van der Waals surface area contributed by atoms with E-state index in [9.17, 15) is 5.11 Å². The van der Waals surface area contributed by atoms with Crippen molar-refractivity contribution in [3.05, 3.63) is 28.2 Å². The first kappa shape index (κ1) is 18.5. The van der Waals surface area contributed by atoms with Crippen molar-refractivity contribution in [2.75, 3.05) is 32.7 Å². The first-order valence-electron chi connectivity index (χ1n) is 7.98. The molecule has 0 saturated carbocycles. The van der Waals surface area contributed by atoms with E-state index in [1.807, 2.05) is 12.1 Å². The molecule has 1 aromatic carbocycles. The van der Waals surface area contributed by atoms with Crippen LogP contribution in [0.15, 0.2) is 22.7 Å². The Balaban J connectivity index is 2.64. The predicted octanol–water partition coefficient (Wildman–Crippen LogP) is 4.27. The Labute approximate surface area is 138 Å². The Kier molecular flexibility index (Phi) is 8.30. The Hall–Kier alpha value is -0.580. The number of hydrogen-bond donors (Lipinski definition) is 1. The van der Waals surface area contributed by atoms with Crippen molar-refractivity contribution >= 4 is 15.9 Å². The number of hydrogen-bond acceptors (Lipinski definition) is 3. The van der Waals surface area contributed by atoms with Gasteiger partial charge in [0.25, 0.3) is 0 Å². The smallest absolute Gasteiger partial charge is 0.120 e. The van der Waals surface area contributed by atoms with Gasteiger partial charge in [-0.1, -0.05) is 36.7 Å². The molecule has 1 N–H and O–H groups in total. The molecule has 120 valence electrons. The summed E-state index contributed by atoms with van der Waals surface area (Å²) < 4.78 is 1.02. The molecule has 0 aliphatic heterocycles. The van der Waals surface area contributed by atoms with E-state index in [0.717, 1.165) is 49.2 Å². The quantitative estimate of drug-likeness (QED) is 0.715. The topological polar surface area (TPSA) is 26.7 Å². The maximum Gasteiger partial charge on any atom is 0.120 e. The van der Waals surface area contributed by atoms with Gasteiger partial charge < -0.3 is 10.0 Å². The summed E-state index contributed by atoms with van der Waals surface area (Å²) in [6.45, 7) is 14.2. The van der Waals surface area contributed by atoms with Crippen LogP contribution in [-0.2, 0) is 0 Å². The van der Waals surface area contributed by atoms with Gasteiger partial charge in [0, 0.05) is 16.1 Å². The summed E-state index contributed by atoms with van der Waals surface area (Å²) in [7, 11) is 0. The lowest BCUT2D eigenvalue weighted by atomic mass is 10.1. The highest BCUT2D eigenvalue weighted by atomic mass is 79.9. The van der Waals surface area contributed by atoms with Gasteiger partial charge >= 0.3 is 0 Å². The van der Waals surface area contributed by atoms with Crippen molar-refractivity contribution in [1.29, 1.82) is 0 Å². The van der Waals surface area contributed by atoms with Gasteiger partial charge in [0.15, 0.2) is 0 Å². The summed E-state index contributed by atoms with van der Waals surface area (Å²) in [6.07, 6.45) is 1.16. The zero-order valence-corrected chi connectivity index (χ0v) is 15.4. The van der Waals surface area contributed by atoms with E-state index in [4.69, 9.17) is 0 Å². The molecule has 0 aromatic heterocycles. The van der Waals surface area contributed by atoms with E-state index in [2.05, 4.69) is 53.4 Å². The van der Waals surface area contributed by atoms with Gasteiger partial charge in [-0.3, -0.25) is 4.90 Å². The molecule has 21 heavy (non-hydrogen) atoms. The number of phenols is 1. The maximum absolute atomic E-state index is 10.1. The van der Waals surface area contributed by atoms with Crippen LogP contribution in [0, 0.1) is 0 Å². The molecular formula is C17H29BrN2O. The highest BCUT2D eigenvalue weighted by Gasteiger charge is 2.17. The van der Waals surface area contributed by atoms with Crippen molar-refractivity contribution in [3.8, 4) is 5.75 Å². The molecule has 0 spiro atoms. The first-order valence-corrected chi connectivity index (χ1v) is 8.77. The van der Waals surface area contributed by atoms with Crippen molar-refractivity contribution in [1.82, 2.24) is 9.80 Å². The van der Waals surface area contributed by atoms with Gasteiger partial charge in [0.1, 0.15) is 5.75 Å². The predicted molar refractivity (Wildman–Crippen MR) is 93.9 cm³/mol. The van der Waals surface area contributed by atoms with Gasteiger partial charge in [-0.15, -0.1) is 0 Å². The number of benzene rings is 1. The summed E-state index contributed by atoms with van der Waals surface area (Å²) in [5.74, 6) is 0.382. The zero-order chi connectivity index (χ0) is 15.8. The van der Waals surface area contributed by atoms with Gasteiger partial charge in [0.05, 0.1) is 0 Å². The molecule has 1 rings (SSSR count). The molecule has 0 bridgehead atoms. The summed E-state index contributed by atoms with van der Waals surface area (Å²) in [4.78, 5) is 4.88. The van der Waals surface area contributed by atoms with Crippen molar-refractivity contribution in [2.45, 2.75) is 40.2 Å². The second-order valence-corrected chi connectivity index (χ2v) is 6.30. The normalized spacial score (nSPS) is 13.1. The van der Waals surface area contributed by atoms with E-state index >= 15 is 0 Å². The SMILES string of the molecule is CCN(CC)CCCN(CC)C(C)c1cc(Br)ccc1O. The molecule has 0 heterocycles. The minimum Gasteiger partial charge on any atom is -0.508 e. The molecule has 4 heteroatoms. The lowest BCUT2D eigenvalue weighted by molar-refractivity contribution is 0.198. The van der Waals surface area contributed by atoms with Crippen LogP contribution in [0.5, 0.6) is 5.75 Å². The van der Waals surface area contributed by atoms with E-state index in [-0.39, 0.29) is 6.04 Å². The Morgan fingerprint density at radius 3 is 2.33 bits per heavy atom. The van der Waals surface area contributed by atoms with Gasteiger partial charge in [-0.25, -0.2) is 0 Å². The molecule has 1 aromatic rings. The Morgan fingerprint density at radius 2 is 1.76 bits per heavy atom. The van der Waals surface area contributed by atoms with E-state index in [1.54, 1.807) is 6.07 Å². The van der Waals surface area contributed by atoms with Crippen LogP contribution in [0.3, 0.4) is 0 Å². The molecule has 0 aliphatic carbocycles. The minimum absolute atomic E-state index is 0.226. The van der Waals surface area contributed by atoms with Crippen LogP contribution in [0.2, 0.25) is 0 Å². The summed E-state index contributed by atoms with van der Waals surface area (Å²) >= 11 is 3.49. The Morgan fingerprint density at radius 1 is 1.10 bits per heavy atom. The zero-order valence-electron chi connectivity index (χ0n) is 13.8. The molecule has 0 saturated heterocycles. The van der Waals surface area contributed by atoms with E-state index in [0.29, 0.717) is 5.75 Å². The molecule has 3 nitrogen and oxygen atoms in total. The highest BCUT2D eigenvalue weighted by molar-refractivity contribution is 9.10. The fraction of sp³-hybridized carbons (Fsp3) is 0.647.